The van der Waals surface area contributed by atoms with E-state index >= 15 is 0 Å². The summed E-state index contributed by atoms with van der Waals surface area (Å²) < 4.78 is 0. The van der Waals surface area contributed by atoms with Crippen LogP contribution in [-0.2, 0) is 0 Å². The molecule has 4 aliphatic rings. The van der Waals surface area contributed by atoms with Gasteiger partial charge in [-0.05, 0) is 35.2 Å². The first kappa shape index (κ1) is 20.7. The van der Waals surface area contributed by atoms with Gasteiger partial charge < -0.3 is 0 Å². The van der Waals surface area contributed by atoms with E-state index in [0.717, 1.165) is 0 Å². The van der Waals surface area contributed by atoms with Crippen LogP contribution in [0, 0.1) is 0 Å². The van der Waals surface area contributed by atoms with Gasteiger partial charge in [0.1, 0.15) is 0 Å². The highest BCUT2D eigenvalue weighted by molar-refractivity contribution is 8.05. The first-order valence-corrected chi connectivity index (χ1v) is 15.4. The van der Waals surface area contributed by atoms with Crippen molar-refractivity contribution in [1.29, 1.82) is 0 Å². The van der Waals surface area contributed by atoms with Gasteiger partial charge in [0.15, 0.2) is 0 Å². The predicted molar refractivity (Wildman–Crippen MR) is 158 cm³/mol. The van der Waals surface area contributed by atoms with Crippen molar-refractivity contribution in [1.82, 2.24) is 0 Å². The lowest BCUT2D eigenvalue weighted by atomic mass is 9.34. The molecule has 5 aromatic carbocycles. The minimum absolute atomic E-state index is 0.292. The van der Waals surface area contributed by atoms with Gasteiger partial charge in [0, 0.05) is 39.2 Å². The third kappa shape index (κ3) is 2.66. The summed E-state index contributed by atoms with van der Waals surface area (Å²) in [7, 11) is 0. The lowest BCUT2D eigenvalue weighted by Gasteiger charge is -2.40. The molecule has 0 saturated carbocycles. The van der Waals surface area contributed by atoms with Crippen molar-refractivity contribution in [3.8, 4) is 0 Å². The van der Waals surface area contributed by atoms with E-state index < -0.39 is 0 Å². The molecule has 9 rings (SSSR count). The molecule has 0 aliphatic carbocycles. The smallest absolute Gasteiger partial charge is 0.0900 e. The quantitative estimate of drug-likeness (QED) is 0.266. The van der Waals surface area contributed by atoms with Crippen LogP contribution in [0.3, 0.4) is 0 Å². The Hall–Kier alpha value is -2.37. The fourth-order valence-corrected chi connectivity index (χ4v) is 11.7. The normalized spacial score (nSPS) is 15.2. The van der Waals surface area contributed by atoms with Crippen LogP contribution in [0.1, 0.15) is 0 Å². The molecule has 0 saturated heterocycles. The summed E-state index contributed by atoms with van der Waals surface area (Å²) in [4.78, 5) is 11.5. The molecule has 166 valence electrons. The molecule has 0 spiro atoms. The van der Waals surface area contributed by atoms with Crippen LogP contribution >= 0.6 is 47.0 Å². The van der Waals surface area contributed by atoms with Crippen LogP contribution in [0.2, 0.25) is 0 Å². The Morgan fingerprint density at radius 1 is 0.333 bits per heavy atom. The number of benzene rings is 5. The molecule has 0 radical (unpaired) electrons. The first-order valence-electron chi connectivity index (χ1n) is 12.2. The summed E-state index contributed by atoms with van der Waals surface area (Å²) in [6.45, 7) is 0.584. The molecule has 0 amide bonds. The van der Waals surface area contributed by atoms with Crippen LogP contribution in [0.5, 0.6) is 0 Å². The van der Waals surface area contributed by atoms with Crippen molar-refractivity contribution in [2.75, 3.05) is 0 Å². The largest absolute Gasteiger partial charge is 0.247 e. The monoisotopic (exact) mass is 526 g/mol. The van der Waals surface area contributed by atoms with E-state index in [1.807, 2.05) is 47.0 Å². The van der Waals surface area contributed by atoms with Gasteiger partial charge in [0.25, 0.3) is 0 Å². The fourth-order valence-electron chi connectivity index (χ4n) is 6.27. The first-order chi connectivity index (χ1) is 17.9. The van der Waals surface area contributed by atoms with E-state index in [0.29, 0.717) is 13.4 Å². The number of rotatable bonds is 0. The number of hydrogen-bond donors (Lipinski definition) is 0. The van der Waals surface area contributed by atoms with Gasteiger partial charge in [-0.1, -0.05) is 142 Å². The molecule has 0 bridgehead atoms. The van der Waals surface area contributed by atoms with E-state index in [4.69, 9.17) is 0 Å². The molecule has 0 fully saturated rings. The molecule has 0 nitrogen and oxygen atoms in total. The predicted octanol–water partition coefficient (Wildman–Crippen LogP) is 4.58. The average molecular weight is 526 g/mol. The minimum Gasteiger partial charge on any atom is -0.0900 e. The van der Waals surface area contributed by atoms with Crippen LogP contribution in [0.25, 0.3) is 0 Å². The Morgan fingerprint density at radius 3 is 0.861 bits per heavy atom. The van der Waals surface area contributed by atoms with E-state index in [-0.39, 0.29) is 0 Å². The van der Waals surface area contributed by atoms with Gasteiger partial charge >= 0.3 is 0 Å². The Labute approximate surface area is 228 Å². The summed E-state index contributed by atoms with van der Waals surface area (Å²) in [6, 6.07) is 36.3. The molecule has 0 N–H and O–H groups in total. The molecular formula is C30H16B2S4. The van der Waals surface area contributed by atoms with E-state index in [1.54, 1.807) is 0 Å². The molecule has 0 unspecified atom stereocenters. The molecule has 5 aromatic rings. The summed E-state index contributed by atoms with van der Waals surface area (Å²) >= 11 is 7.99. The topological polar surface area (TPSA) is 0 Å². The maximum absolute atomic E-state index is 2.35. The Bertz CT molecular complexity index is 1530. The van der Waals surface area contributed by atoms with Crippen molar-refractivity contribution in [3.05, 3.63) is 97.1 Å². The third-order valence-corrected chi connectivity index (χ3v) is 12.9. The van der Waals surface area contributed by atoms with Gasteiger partial charge in [0.05, 0.1) is 0 Å². The minimum atomic E-state index is 0.292. The SMILES string of the molecule is c1ccc2c(c1)Sc1c3c4c(c5c1B2c1ccccc1S5)Sc1ccccc1B4c1ccccc1S3. The Kier molecular flexibility index (Phi) is 4.35. The summed E-state index contributed by atoms with van der Waals surface area (Å²) in [5.74, 6) is 0. The molecule has 36 heavy (non-hydrogen) atoms. The molecule has 0 aromatic heterocycles. The van der Waals surface area contributed by atoms with Crippen LogP contribution < -0.4 is 32.8 Å². The van der Waals surface area contributed by atoms with Crippen LogP contribution in [-0.4, -0.2) is 13.4 Å². The maximum Gasteiger partial charge on any atom is 0.247 e. The zero-order valence-electron chi connectivity index (χ0n) is 19.0. The Morgan fingerprint density at radius 2 is 0.583 bits per heavy atom. The summed E-state index contributed by atoms with van der Waals surface area (Å²) in [5, 5.41) is 0. The van der Waals surface area contributed by atoms with Gasteiger partial charge in [-0.25, -0.2) is 0 Å². The van der Waals surface area contributed by atoms with Gasteiger partial charge in [0.2, 0.25) is 13.4 Å². The van der Waals surface area contributed by atoms with Crippen molar-refractivity contribution >= 4 is 93.2 Å². The highest BCUT2D eigenvalue weighted by Gasteiger charge is 2.46. The molecule has 4 aliphatic heterocycles. The zero-order valence-corrected chi connectivity index (χ0v) is 22.3. The lowest BCUT2D eigenvalue weighted by molar-refractivity contribution is 1.14. The molecule has 4 heterocycles. The third-order valence-electron chi connectivity index (χ3n) is 7.74. The molecule has 6 heteroatoms. The average Bonchev–Trinajstić information content (AvgIpc) is 2.94. The van der Waals surface area contributed by atoms with Crippen molar-refractivity contribution in [2.45, 2.75) is 39.2 Å². The number of fused-ring (bicyclic) bond motifs is 10. The summed E-state index contributed by atoms with van der Waals surface area (Å²) in [6.07, 6.45) is 0. The fraction of sp³-hybridized carbons (Fsp3) is 0. The van der Waals surface area contributed by atoms with Crippen LogP contribution in [0.4, 0.5) is 0 Å². The van der Waals surface area contributed by atoms with Gasteiger partial charge in [-0.3, -0.25) is 0 Å². The highest BCUT2D eigenvalue weighted by Crippen LogP contribution is 2.50. The van der Waals surface area contributed by atoms with Crippen LogP contribution in [0.15, 0.2) is 136 Å². The standard InChI is InChI=1S/C30H16B2S4/c1-5-13-21-17(9-1)31-18-10-2-6-14-22(18)34-28-25(31)27(33-21)29-26-30(28)36-24-16-8-4-12-20(24)32(26)19-11-3-7-15-23(19)35-29/h1-16H. The van der Waals surface area contributed by atoms with E-state index in [2.05, 4.69) is 97.1 Å². The second kappa shape index (κ2) is 7.58. The summed E-state index contributed by atoms with van der Waals surface area (Å²) in [5.41, 5.74) is 8.89. The highest BCUT2D eigenvalue weighted by atomic mass is 32.2. The number of hydrogen-bond acceptors (Lipinski definition) is 4. The van der Waals surface area contributed by atoms with Crippen molar-refractivity contribution < 1.29 is 0 Å². The Balaban J connectivity index is 1.43. The second-order valence-corrected chi connectivity index (χ2v) is 13.8. The second-order valence-electron chi connectivity index (χ2n) is 9.57. The van der Waals surface area contributed by atoms with Gasteiger partial charge in [-0.15, -0.1) is 0 Å². The molecular weight excluding hydrogens is 510 g/mol. The molecule has 0 atom stereocenters. The van der Waals surface area contributed by atoms with Crippen molar-refractivity contribution in [3.63, 3.8) is 0 Å². The van der Waals surface area contributed by atoms with E-state index in [9.17, 15) is 0 Å². The lowest BCUT2D eigenvalue weighted by Crippen LogP contribution is -2.62. The van der Waals surface area contributed by atoms with Gasteiger partial charge in [-0.2, -0.15) is 0 Å². The maximum atomic E-state index is 2.35. The van der Waals surface area contributed by atoms with Crippen molar-refractivity contribution in [2.24, 2.45) is 0 Å². The zero-order chi connectivity index (χ0) is 23.4. The van der Waals surface area contributed by atoms with E-state index in [1.165, 1.54) is 71.9 Å².